The lowest BCUT2D eigenvalue weighted by Crippen LogP contribution is -2.37. The maximum atomic E-state index is 13.7. The van der Waals surface area contributed by atoms with E-state index in [9.17, 15) is 4.39 Å². The van der Waals surface area contributed by atoms with E-state index in [1.807, 2.05) is 0 Å². The number of anilines is 1. The molecule has 1 aromatic rings. The van der Waals surface area contributed by atoms with E-state index < -0.39 is 0 Å². The van der Waals surface area contributed by atoms with E-state index in [2.05, 4.69) is 30.0 Å². The Morgan fingerprint density at radius 3 is 2.84 bits per heavy atom. The first kappa shape index (κ1) is 14.3. The van der Waals surface area contributed by atoms with Crippen molar-refractivity contribution in [3.05, 3.63) is 29.6 Å². The lowest BCUT2D eigenvalue weighted by atomic mass is 10.1. The first-order valence-corrected chi connectivity index (χ1v) is 7.01. The molecule has 1 saturated heterocycles. The summed E-state index contributed by atoms with van der Waals surface area (Å²) in [6.07, 6.45) is 3.10. The van der Waals surface area contributed by atoms with Gasteiger partial charge in [-0.05, 0) is 63.7 Å². The van der Waals surface area contributed by atoms with Crippen LogP contribution in [0.1, 0.15) is 18.4 Å². The predicted molar refractivity (Wildman–Crippen MR) is 78.1 cm³/mol. The van der Waals surface area contributed by atoms with Crippen LogP contribution in [-0.4, -0.2) is 44.7 Å². The van der Waals surface area contributed by atoms with Crippen LogP contribution >= 0.6 is 0 Å². The first-order chi connectivity index (χ1) is 9.10. The number of benzene rings is 1. The summed E-state index contributed by atoms with van der Waals surface area (Å²) in [5.74, 6) is -0.156. The smallest absolute Gasteiger partial charge is 0.125 e. The summed E-state index contributed by atoms with van der Waals surface area (Å²) in [5.41, 5.74) is 7.57. The van der Waals surface area contributed by atoms with Crippen LogP contribution in [-0.2, 0) is 6.42 Å². The molecule has 19 heavy (non-hydrogen) atoms. The van der Waals surface area contributed by atoms with Gasteiger partial charge >= 0.3 is 0 Å². The number of hydrogen-bond acceptors (Lipinski definition) is 3. The lowest BCUT2D eigenvalue weighted by molar-refractivity contribution is 0.372. The van der Waals surface area contributed by atoms with Crippen LogP contribution < -0.4 is 10.6 Å². The Balaban J connectivity index is 2.19. The molecule has 1 unspecified atom stereocenters. The van der Waals surface area contributed by atoms with Gasteiger partial charge in [-0.25, -0.2) is 4.39 Å². The summed E-state index contributed by atoms with van der Waals surface area (Å²) in [5, 5.41) is 0. The minimum Gasteiger partial charge on any atom is -0.367 e. The fraction of sp³-hybridized carbons (Fsp3) is 0.600. The fourth-order valence-electron chi connectivity index (χ4n) is 2.90. The fourth-order valence-corrected chi connectivity index (χ4v) is 2.90. The second-order valence-electron chi connectivity index (χ2n) is 5.61. The van der Waals surface area contributed by atoms with Gasteiger partial charge in [-0.2, -0.15) is 0 Å². The van der Waals surface area contributed by atoms with Gasteiger partial charge in [0.15, 0.2) is 0 Å². The van der Waals surface area contributed by atoms with Gasteiger partial charge in [-0.1, -0.05) is 0 Å². The molecule has 0 saturated carbocycles. The molecule has 106 valence electrons. The molecule has 1 aliphatic heterocycles. The van der Waals surface area contributed by atoms with Crippen LogP contribution in [0.4, 0.5) is 10.1 Å². The van der Waals surface area contributed by atoms with Gasteiger partial charge in [-0.3, -0.25) is 0 Å². The zero-order chi connectivity index (χ0) is 13.8. The Morgan fingerprint density at radius 1 is 1.37 bits per heavy atom. The molecule has 0 aromatic heterocycles. The Hall–Kier alpha value is -1.13. The Bertz CT molecular complexity index is 420. The third-order valence-electron chi connectivity index (χ3n) is 3.66. The van der Waals surface area contributed by atoms with E-state index in [1.54, 1.807) is 12.1 Å². The zero-order valence-corrected chi connectivity index (χ0v) is 11.9. The number of nitrogens with zero attached hydrogens (tertiary/aromatic N) is 2. The summed E-state index contributed by atoms with van der Waals surface area (Å²) in [4.78, 5) is 4.53. The van der Waals surface area contributed by atoms with Crippen LogP contribution in [0.15, 0.2) is 18.2 Å². The first-order valence-electron chi connectivity index (χ1n) is 7.01. The van der Waals surface area contributed by atoms with Gasteiger partial charge in [-0.15, -0.1) is 0 Å². The molecule has 2 rings (SSSR count). The molecule has 1 heterocycles. The van der Waals surface area contributed by atoms with E-state index in [0.29, 0.717) is 12.6 Å². The summed E-state index contributed by atoms with van der Waals surface area (Å²) in [6.45, 7) is 2.59. The molecular weight excluding hydrogens is 241 g/mol. The van der Waals surface area contributed by atoms with Crippen LogP contribution in [0.2, 0.25) is 0 Å². The monoisotopic (exact) mass is 265 g/mol. The third kappa shape index (κ3) is 3.67. The average molecular weight is 265 g/mol. The summed E-state index contributed by atoms with van der Waals surface area (Å²) < 4.78 is 13.7. The highest BCUT2D eigenvalue weighted by Gasteiger charge is 2.25. The molecule has 1 aliphatic rings. The quantitative estimate of drug-likeness (QED) is 0.882. The van der Waals surface area contributed by atoms with E-state index in [4.69, 9.17) is 5.73 Å². The normalized spacial score (nSPS) is 19.4. The van der Waals surface area contributed by atoms with E-state index in [1.165, 1.54) is 12.8 Å². The zero-order valence-electron chi connectivity index (χ0n) is 11.9. The molecule has 3 nitrogen and oxygen atoms in total. The number of hydrogen-bond donors (Lipinski definition) is 1. The highest BCUT2D eigenvalue weighted by molar-refractivity contribution is 5.51. The van der Waals surface area contributed by atoms with Gasteiger partial charge in [0.2, 0.25) is 0 Å². The maximum absolute atomic E-state index is 13.7. The number of likely N-dealkylation sites (N-methyl/N-ethyl adjacent to an activating group) is 1. The lowest BCUT2D eigenvalue weighted by Gasteiger charge is -2.29. The van der Waals surface area contributed by atoms with Gasteiger partial charge in [0, 0.05) is 24.8 Å². The molecule has 1 aromatic carbocycles. The van der Waals surface area contributed by atoms with Crippen LogP contribution in [0, 0.1) is 5.82 Å². The molecule has 0 amide bonds. The maximum Gasteiger partial charge on any atom is 0.125 e. The van der Waals surface area contributed by atoms with Crippen molar-refractivity contribution < 1.29 is 4.39 Å². The molecular formula is C15H24FN3. The molecule has 4 heteroatoms. The molecule has 0 aliphatic carbocycles. The SMILES string of the molecule is CN(C)CC1CCCN1c1cc(F)cc(CCN)c1. The largest absolute Gasteiger partial charge is 0.367 e. The van der Waals surface area contributed by atoms with Crippen molar-refractivity contribution >= 4 is 5.69 Å². The Morgan fingerprint density at radius 2 is 2.16 bits per heavy atom. The van der Waals surface area contributed by atoms with Gasteiger partial charge in [0.1, 0.15) is 5.82 Å². The van der Waals surface area contributed by atoms with Gasteiger partial charge in [0.05, 0.1) is 0 Å². The number of nitrogens with two attached hydrogens (primary N) is 1. The van der Waals surface area contributed by atoms with E-state index >= 15 is 0 Å². The topological polar surface area (TPSA) is 32.5 Å². The van der Waals surface area contributed by atoms with Crippen molar-refractivity contribution in [2.75, 3.05) is 38.6 Å². The number of halogens is 1. The minimum absolute atomic E-state index is 0.156. The molecule has 0 radical (unpaired) electrons. The minimum atomic E-state index is -0.156. The molecule has 1 atom stereocenters. The van der Waals surface area contributed by atoms with Crippen LogP contribution in [0.3, 0.4) is 0 Å². The van der Waals surface area contributed by atoms with Gasteiger partial charge < -0.3 is 15.5 Å². The Kier molecular flexibility index (Phi) is 4.77. The highest BCUT2D eigenvalue weighted by atomic mass is 19.1. The van der Waals surface area contributed by atoms with Crippen molar-refractivity contribution in [1.82, 2.24) is 4.90 Å². The van der Waals surface area contributed by atoms with E-state index in [-0.39, 0.29) is 5.82 Å². The van der Waals surface area contributed by atoms with Crippen molar-refractivity contribution in [2.45, 2.75) is 25.3 Å². The van der Waals surface area contributed by atoms with Crippen molar-refractivity contribution in [1.29, 1.82) is 0 Å². The van der Waals surface area contributed by atoms with Gasteiger partial charge in [0.25, 0.3) is 0 Å². The van der Waals surface area contributed by atoms with E-state index in [0.717, 1.165) is 30.8 Å². The van der Waals surface area contributed by atoms with Crippen LogP contribution in [0.25, 0.3) is 0 Å². The van der Waals surface area contributed by atoms with Crippen LogP contribution in [0.5, 0.6) is 0 Å². The molecule has 0 bridgehead atoms. The van der Waals surface area contributed by atoms with Crippen molar-refractivity contribution in [3.8, 4) is 0 Å². The third-order valence-corrected chi connectivity index (χ3v) is 3.66. The summed E-state index contributed by atoms with van der Waals surface area (Å²) in [7, 11) is 4.17. The standard InChI is InChI=1S/C15H24FN3/c1-18(2)11-14-4-3-7-19(14)15-9-12(5-6-17)8-13(16)10-15/h8-10,14H,3-7,11,17H2,1-2H3. The molecule has 0 spiro atoms. The predicted octanol–water partition coefficient (Wildman–Crippen LogP) is 1.86. The average Bonchev–Trinajstić information content (AvgIpc) is 2.75. The highest BCUT2D eigenvalue weighted by Crippen LogP contribution is 2.27. The second kappa shape index (κ2) is 6.35. The molecule has 1 fully saturated rings. The summed E-state index contributed by atoms with van der Waals surface area (Å²) >= 11 is 0. The Labute approximate surface area is 115 Å². The summed E-state index contributed by atoms with van der Waals surface area (Å²) in [6, 6.07) is 5.81. The molecule has 2 N–H and O–H groups in total. The van der Waals surface area contributed by atoms with Crippen molar-refractivity contribution in [2.24, 2.45) is 5.73 Å². The number of rotatable bonds is 5. The van der Waals surface area contributed by atoms with Crippen molar-refractivity contribution in [3.63, 3.8) is 0 Å². The second-order valence-corrected chi connectivity index (χ2v) is 5.61.